The molecule has 2 heterocycles. The highest BCUT2D eigenvalue weighted by molar-refractivity contribution is 5.00. The predicted octanol–water partition coefficient (Wildman–Crippen LogP) is 0.677. The van der Waals surface area contributed by atoms with Gasteiger partial charge in [0.25, 0.3) is 0 Å². The lowest BCUT2D eigenvalue weighted by atomic mass is 10.1. The first-order valence-corrected chi connectivity index (χ1v) is 4.95. The lowest BCUT2D eigenvalue weighted by molar-refractivity contribution is 0.477. The largest absolute Gasteiger partial charge is 0.330 e. The second kappa shape index (κ2) is 3.46. The van der Waals surface area contributed by atoms with Crippen LogP contribution in [0, 0.1) is 0 Å². The number of fused-ring (bicyclic) bond motifs is 1. The van der Waals surface area contributed by atoms with Crippen LogP contribution in [-0.2, 0) is 13.0 Å². The summed E-state index contributed by atoms with van der Waals surface area (Å²) in [7, 11) is 0. The summed E-state index contributed by atoms with van der Waals surface area (Å²) in [6, 6.07) is 0. The van der Waals surface area contributed by atoms with Gasteiger partial charge in [0.2, 0.25) is 0 Å². The minimum absolute atomic E-state index is 0.290. The van der Waals surface area contributed by atoms with Crippen molar-refractivity contribution in [2.24, 2.45) is 5.73 Å². The van der Waals surface area contributed by atoms with Crippen LogP contribution in [0.15, 0.2) is 0 Å². The second-order valence-corrected chi connectivity index (χ2v) is 3.70. The fraction of sp³-hybridized carbons (Fsp3) is 0.778. The van der Waals surface area contributed by atoms with Crippen molar-refractivity contribution in [1.82, 2.24) is 14.8 Å². The molecule has 4 heteroatoms. The fourth-order valence-corrected chi connectivity index (χ4v) is 1.62. The summed E-state index contributed by atoms with van der Waals surface area (Å²) in [6.07, 6.45) is 3.55. The van der Waals surface area contributed by atoms with Crippen LogP contribution < -0.4 is 5.73 Å². The van der Waals surface area contributed by atoms with Gasteiger partial charge in [-0.2, -0.15) is 5.10 Å². The Morgan fingerprint density at radius 1 is 1.54 bits per heavy atom. The first-order chi connectivity index (χ1) is 6.31. The van der Waals surface area contributed by atoms with Crippen molar-refractivity contribution < 1.29 is 0 Å². The third-order valence-electron chi connectivity index (χ3n) is 2.58. The first-order valence-electron chi connectivity index (χ1n) is 4.95. The summed E-state index contributed by atoms with van der Waals surface area (Å²) in [5, 5.41) is 4.45. The molecule has 0 saturated carbocycles. The maximum absolute atomic E-state index is 5.57. The Morgan fingerprint density at radius 2 is 2.38 bits per heavy atom. The van der Waals surface area contributed by atoms with Crippen molar-refractivity contribution in [2.75, 3.05) is 6.54 Å². The van der Waals surface area contributed by atoms with E-state index in [4.69, 9.17) is 5.73 Å². The van der Waals surface area contributed by atoms with E-state index < -0.39 is 0 Å². The smallest absolute Gasteiger partial charge is 0.155 e. The molecular formula is C9H16N4. The molecule has 0 fully saturated rings. The third-order valence-corrected chi connectivity index (χ3v) is 2.58. The van der Waals surface area contributed by atoms with Crippen molar-refractivity contribution in [1.29, 1.82) is 0 Å². The molecule has 0 amide bonds. The summed E-state index contributed by atoms with van der Waals surface area (Å²) in [5.74, 6) is 2.35. The van der Waals surface area contributed by atoms with Gasteiger partial charge in [-0.1, -0.05) is 6.92 Å². The Bertz CT molecular complexity index is 268. The van der Waals surface area contributed by atoms with Crippen molar-refractivity contribution in [3.05, 3.63) is 11.6 Å². The number of aryl methyl sites for hydroxylation is 2. The maximum Gasteiger partial charge on any atom is 0.155 e. The molecule has 0 spiro atoms. The van der Waals surface area contributed by atoms with Gasteiger partial charge in [-0.25, -0.2) is 9.67 Å². The molecule has 0 aliphatic carbocycles. The number of nitrogens with zero attached hydrogens (tertiary/aromatic N) is 3. The zero-order valence-electron chi connectivity index (χ0n) is 8.03. The molecule has 0 aromatic carbocycles. The van der Waals surface area contributed by atoms with Crippen molar-refractivity contribution in [2.45, 2.75) is 38.6 Å². The summed E-state index contributed by atoms with van der Waals surface area (Å²) in [5.41, 5.74) is 5.57. The average Bonchev–Trinajstić information content (AvgIpc) is 2.59. The van der Waals surface area contributed by atoms with Gasteiger partial charge in [0.15, 0.2) is 5.82 Å². The fourth-order valence-electron chi connectivity index (χ4n) is 1.62. The molecule has 2 rings (SSSR count). The second-order valence-electron chi connectivity index (χ2n) is 3.70. The van der Waals surface area contributed by atoms with Crippen LogP contribution >= 0.6 is 0 Å². The highest BCUT2D eigenvalue weighted by atomic mass is 15.4. The van der Waals surface area contributed by atoms with Gasteiger partial charge in [0.05, 0.1) is 0 Å². The van der Waals surface area contributed by atoms with E-state index in [-0.39, 0.29) is 5.92 Å². The number of rotatable bonds is 2. The topological polar surface area (TPSA) is 56.7 Å². The Balaban J connectivity index is 2.25. The van der Waals surface area contributed by atoms with Crippen LogP contribution in [0.5, 0.6) is 0 Å². The summed E-state index contributed by atoms with van der Waals surface area (Å²) in [4.78, 5) is 4.49. The normalized spacial score (nSPS) is 18.3. The van der Waals surface area contributed by atoms with Crippen LogP contribution in [0.4, 0.5) is 0 Å². The zero-order chi connectivity index (χ0) is 9.26. The minimum atomic E-state index is 0.290. The molecule has 1 aliphatic heterocycles. The minimum Gasteiger partial charge on any atom is -0.330 e. The lowest BCUT2D eigenvalue weighted by Crippen LogP contribution is -2.12. The van der Waals surface area contributed by atoms with Gasteiger partial charge in [-0.15, -0.1) is 0 Å². The van der Waals surface area contributed by atoms with E-state index >= 15 is 0 Å². The van der Waals surface area contributed by atoms with Crippen molar-refractivity contribution in [3.8, 4) is 0 Å². The number of nitrogens with two attached hydrogens (primary N) is 1. The quantitative estimate of drug-likeness (QED) is 0.728. The molecule has 1 aromatic heterocycles. The number of hydrogen-bond acceptors (Lipinski definition) is 3. The molecule has 1 aliphatic rings. The first kappa shape index (κ1) is 8.69. The summed E-state index contributed by atoms with van der Waals surface area (Å²) in [6.45, 7) is 3.73. The van der Waals surface area contributed by atoms with E-state index in [1.165, 1.54) is 12.8 Å². The number of hydrogen-bond donors (Lipinski definition) is 1. The molecule has 0 saturated heterocycles. The van der Waals surface area contributed by atoms with Crippen molar-refractivity contribution in [3.63, 3.8) is 0 Å². The van der Waals surface area contributed by atoms with Crippen LogP contribution in [0.25, 0.3) is 0 Å². The van der Waals surface area contributed by atoms with E-state index in [2.05, 4.69) is 17.0 Å². The molecule has 4 nitrogen and oxygen atoms in total. The Labute approximate surface area is 78.1 Å². The van der Waals surface area contributed by atoms with E-state index in [1.54, 1.807) is 0 Å². The molecule has 2 N–H and O–H groups in total. The Morgan fingerprint density at radius 3 is 3.08 bits per heavy atom. The molecule has 1 aromatic rings. The molecule has 13 heavy (non-hydrogen) atoms. The van der Waals surface area contributed by atoms with Gasteiger partial charge in [0.1, 0.15) is 5.82 Å². The van der Waals surface area contributed by atoms with Crippen LogP contribution in [0.1, 0.15) is 37.3 Å². The van der Waals surface area contributed by atoms with Gasteiger partial charge >= 0.3 is 0 Å². The highest BCUT2D eigenvalue weighted by Gasteiger charge is 2.16. The maximum atomic E-state index is 5.57. The third kappa shape index (κ3) is 1.58. The molecule has 0 bridgehead atoms. The molecule has 1 atom stereocenters. The summed E-state index contributed by atoms with van der Waals surface area (Å²) >= 11 is 0. The molecule has 1 unspecified atom stereocenters. The van der Waals surface area contributed by atoms with E-state index in [1.807, 2.05) is 4.68 Å². The summed E-state index contributed by atoms with van der Waals surface area (Å²) < 4.78 is 2.03. The monoisotopic (exact) mass is 180 g/mol. The lowest BCUT2D eigenvalue weighted by Gasteiger charge is -2.10. The van der Waals surface area contributed by atoms with Gasteiger partial charge in [-0.3, -0.25) is 0 Å². The number of aromatic nitrogens is 3. The predicted molar refractivity (Wildman–Crippen MR) is 50.4 cm³/mol. The molecule has 72 valence electrons. The van der Waals surface area contributed by atoms with E-state index in [9.17, 15) is 0 Å². The zero-order valence-corrected chi connectivity index (χ0v) is 8.03. The molecular weight excluding hydrogens is 164 g/mol. The Kier molecular flexibility index (Phi) is 2.31. The standard InChI is InChI=1S/C9H16N4/c1-7(6-10)9-11-8-4-2-3-5-13(8)12-9/h7H,2-6,10H2,1H3. The van der Waals surface area contributed by atoms with E-state index in [0.29, 0.717) is 6.54 Å². The van der Waals surface area contributed by atoms with Crippen LogP contribution in [0.3, 0.4) is 0 Å². The molecule has 0 radical (unpaired) electrons. The Hall–Kier alpha value is -0.900. The SMILES string of the molecule is CC(CN)c1nc2n(n1)CCCC2. The average molecular weight is 180 g/mol. The van der Waals surface area contributed by atoms with Gasteiger partial charge in [0, 0.05) is 25.4 Å². The van der Waals surface area contributed by atoms with E-state index in [0.717, 1.165) is 24.6 Å². The van der Waals surface area contributed by atoms with Gasteiger partial charge < -0.3 is 5.73 Å². The van der Waals surface area contributed by atoms with Crippen LogP contribution in [0.2, 0.25) is 0 Å². The van der Waals surface area contributed by atoms with Crippen molar-refractivity contribution >= 4 is 0 Å². The van der Waals surface area contributed by atoms with Gasteiger partial charge in [-0.05, 0) is 12.8 Å². The highest BCUT2D eigenvalue weighted by Crippen LogP contribution is 2.15. The van der Waals surface area contributed by atoms with Crippen LogP contribution in [-0.4, -0.2) is 21.3 Å².